The lowest BCUT2D eigenvalue weighted by molar-refractivity contribution is -0.383. The molecule has 1 aromatic rings. The van der Waals surface area contributed by atoms with Crippen molar-refractivity contribution < 1.29 is 9.72 Å². The molecule has 0 aliphatic rings. The molecule has 98 valence electrons. The van der Waals surface area contributed by atoms with E-state index in [1.165, 1.54) is 12.1 Å². The van der Waals surface area contributed by atoms with E-state index in [9.17, 15) is 14.9 Å². The van der Waals surface area contributed by atoms with Crippen LogP contribution in [0.25, 0.3) is 0 Å². The van der Waals surface area contributed by atoms with Gasteiger partial charge in [0.25, 0.3) is 0 Å². The maximum atomic E-state index is 11.2. The molecule has 0 heterocycles. The molecule has 0 unspecified atom stereocenters. The normalized spacial score (nSPS) is 11.0. The largest absolute Gasteiger partial charge is 0.393 e. The highest BCUT2D eigenvalue weighted by molar-refractivity contribution is 5.81. The number of nitrogen functional groups attached to an aromatic ring is 1. The lowest BCUT2D eigenvalue weighted by Gasteiger charge is -2.21. The molecule has 0 atom stereocenters. The van der Waals surface area contributed by atoms with E-state index in [0.29, 0.717) is 0 Å². The van der Waals surface area contributed by atoms with E-state index >= 15 is 0 Å². The van der Waals surface area contributed by atoms with Gasteiger partial charge in [-0.1, -0.05) is 6.07 Å². The summed E-state index contributed by atoms with van der Waals surface area (Å²) in [5.74, 6) is -0.485. The number of hydrogen-bond acceptors (Lipinski definition) is 5. The number of carbonyl (C=O) groups is 1. The Kier molecular flexibility index (Phi) is 3.75. The van der Waals surface area contributed by atoms with E-state index < -0.39 is 16.2 Å². The van der Waals surface area contributed by atoms with Crippen LogP contribution in [0.4, 0.5) is 17.1 Å². The Bertz CT molecular complexity index is 485. The molecule has 0 radical (unpaired) electrons. The van der Waals surface area contributed by atoms with Gasteiger partial charge in [-0.3, -0.25) is 14.9 Å². The number of nitro benzene ring substituents is 1. The first-order valence-corrected chi connectivity index (χ1v) is 5.32. The Balaban J connectivity index is 2.96. The number of rotatable bonds is 5. The zero-order valence-electron chi connectivity index (χ0n) is 10.3. The molecule has 1 rings (SSSR count). The van der Waals surface area contributed by atoms with Crippen molar-refractivity contribution in [2.75, 3.05) is 17.6 Å². The smallest absolute Gasteiger partial charge is 0.314 e. The minimum Gasteiger partial charge on any atom is -0.393 e. The minimum absolute atomic E-state index is 0.0712. The fourth-order valence-electron chi connectivity index (χ4n) is 1.31. The molecule has 0 saturated carbocycles. The second kappa shape index (κ2) is 4.91. The van der Waals surface area contributed by atoms with Gasteiger partial charge in [0, 0.05) is 6.54 Å². The summed E-state index contributed by atoms with van der Waals surface area (Å²) in [7, 11) is 0. The third-order valence-corrected chi connectivity index (χ3v) is 2.64. The van der Waals surface area contributed by atoms with Crippen molar-refractivity contribution in [3.8, 4) is 0 Å². The third kappa shape index (κ3) is 2.88. The van der Waals surface area contributed by atoms with Crippen LogP contribution < -0.4 is 16.8 Å². The predicted molar refractivity (Wildman–Crippen MR) is 69.0 cm³/mol. The van der Waals surface area contributed by atoms with Crippen LogP contribution >= 0.6 is 0 Å². The summed E-state index contributed by atoms with van der Waals surface area (Å²) in [5.41, 5.74) is 10.1. The summed E-state index contributed by atoms with van der Waals surface area (Å²) < 4.78 is 0. The number of amides is 1. The number of benzene rings is 1. The first kappa shape index (κ1) is 13.8. The Morgan fingerprint density at radius 1 is 1.50 bits per heavy atom. The number of anilines is 2. The Morgan fingerprint density at radius 2 is 2.11 bits per heavy atom. The quantitative estimate of drug-likeness (QED) is 0.411. The second-order valence-corrected chi connectivity index (χ2v) is 4.60. The second-order valence-electron chi connectivity index (χ2n) is 4.60. The average molecular weight is 252 g/mol. The van der Waals surface area contributed by atoms with Gasteiger partial charge in [0.05, 0.1) is 10.3 Å². The molecule has 0 aromatic heterocycles. The van der Waals surface area contributed by atoms with E-state index in [1.54, 1.807) is 19.9 Å². The van der Waals surface area contributed by atoms with Crippen LogP contribution in [0.5, 0.6) is 0 Å². The van der Waals surface area contributed by atoms with Gasteiger partial charge < -0.3 is 16.8 Å². The zero-order chi connectivity index (χ0) is 13.9. The standard InChI is InChI=1S/C11H16N4O3/c1-11(2,10(13)16)6-14-8-5-3-4-7(12)9(8)15(17)18/h3-5,14H,6,12H2,1-2H3,(H2,13,16). The maximum absolute atomic E-state index is 11.2. The molecule has 0 bridgehead atoms. The van der Waals surface area contributed by atoms with E-state index in [1.807, 2.05) is 0 Å². The highest BCUT2D eigenvalue weighted by atomic mass is 16.6. The zero-order valence-corrected chi connectivity index (χ0v) is 10.3. The fourth-order valence-corrected chi connectivity index (χ4v) is 1.31. The van der Waals surface area contributed by atoms with Gasteiger partial charge in [-0.05, 0) is 26.0 Å². The molecule has 0 spiro atoms. The van der Waals surface area contributed by atoms with E-state index in [0.717, 1.165) is 0 Å². The molecule has 0 aliphatic carbocycles. The van der Waals surface area contributed by atoms with Crippen molar-refractivity contribution in [2.45, 2.75) is 13.8 Å². The minimum atomic E-state index is -0.807. The number of nitrogens with one attached hydrogen (secondary N) is 1. The molecular weight excluding hydrogens is 236 g/mol. The third-order valence-electron chi connectivity index (χ3n) is 2.64. The first-order chi connectivity index (χ1) is 8.25. The number of nitrogens with zero attached hydrogens (tertiary/aromatic N) is 1. The Hall–Kier alpha value is -2.31. The number of nitro groups is 1. The summed E-state index contributed by atoms with van der Waals surface area (Å²) in [5, 5.41) is 13.7. The van der Waals surface area contributed by atoms with Crippen molar-refractivity contribution in [1.29, 1.82) is 0 Å². The van der Waals surface area contributed by atoms with Crippen LogP contribution in [0.15, 0.2) is 18.2 Å². The molecule has 7 heteroatoms. The maximum Gasteiger partial charge on any atom is 0.314 e. The molecular formula is C11H16N4O3. The van der Waals surface area contributed by atoms with Crippen LogP contribution in [0, 0.1) is 15.5 Å². The van der Waals surface area contributed by atoms with Gasteiger partial charge in [0.1, 0.15) is 11.4 Å². The van der Waals surface area contributed by atoms with Crippen molar-refractivity contribution in [2.24, 2.45) is 11.1 Å². The lowest BCUT2D eigenvalue weighted by Crippen LogP contribution is -2.37. The van der Waals surface area contributed by atoms with Gasteiger partial charge in [-0.2, -0.15) is 0 Å². The number of primary amides is 1. The van der Waals surface area contributed by atoms with Gasteiger partial charge in [0.15, 0.2) is 0 Å². The summed E-state index contributed by atoms with van der Waals surface area (Å²) in [4.78, 5) is 21.5. The van der Waals surface area contributed by atoms with Gasteiger partial charge in [0.2, 0.25) is 5.91 Å². The van der Waals surface area contributed by atoms with Crippen LogP contribution in [0.1, 0.15) is 13.8 Å². The van der Waals surface area contributed by atoms with Gasteiger partial charge in [-0.15, -0.1) is 0 Å². The summed E-state index contributed by atoms with van der Waals surface area (Å²) in [6.45, 7) is 3.49. The van der Waals surface area contributed by atoms with Crippen LogP contribution in [0.2, 0.25) is 0 Å². The Morgan fingerprint density at radius 3 is 2.61 bits per heavy atom. The van der Waals surface area contributed by atoms with Crippen LogP contribution in [-0.2, 0) is 4.79 Å². The highest BCUT2D eigenvalue weighted by Gasteiger charge is 2.26. The van der Waals surface area contributed by atoms with Crippen molar-refractivity contribution >= 4 is 23.0 Å². The van der Waals surface area contributed by atoms with E-state index in [2.05, 4.69) is 5.32 Å². The summed E-state index contributed by atoms with van der Waals surface area (Å²) >= 11 is 0. The van der Waals surface area contributed by atoms with Crippen LogP contribution in [-0.4, -0.2) is 17.4 Å². The molecule has 7 nitrogen and oxygen atoms in total. The van der Waals surface area contributed by atoms with E-state index in [-0.39, 0.29) is 23.6 Å². The topological polar surface area (TPSA) is 124 Å². The lowest BCUT2D eigenvalue weighted by atomic mass is 9.92. The molecule has 0 aliphatic heterocycles. The number of para-hydroxylation sites is 1. The van der Waals surface area contributed by atoms with Crippen molar-refractivity contribution in [1.82, 2.24) is 0 Å². The average Bonchev–Trinajstić information content (AvgIpc) is 2.25. The molecule has 1 aromatic carbocycles. The van der Waals surface area contributed by atoms with Crippen molar-refractivity contribution in [3.05, 3.63) is 28.3 Å². The molecule has 5 N–H and O–H groups in total. The van der Waals surface area contributed by atoms with Gasteiger partial charge >= 0.3 is 5.69 Å². The first-order valence-electron chi connectivity index (χ1n) is 5.32. The van der Waals surface area contributed by atoms with Crippen molar-refractivity contribution in [3.63, 3.8) is 0 Å². The summed E-state index contributed by atoms with van der Waals surface area (Å²) in [6, 6.07) is 4.58. The number of nitrogens with two attached hydrogens (primary N) is 2. The highest BCUT2D eigenvalue weighted by Crippen LogP contribution is 2.31. The molecule has 18 heavy (non-hydrogen) atoms. The van der Waals surface area contributed by atoms with Gasteiger partial charge in [-0.25, -0.2) is 0 Å². The molecule has 1 amide bonds. The number of carbonyl (C=O) groups excluding carboxylic acids is 1. The molecule has 0 saturated heterocycles. The SMILES string of the molecule is CC(C)(CNc1cccc(N)c1[N+](=O)[O-])C(N)=O. The summed E-state index contributed by atoms with van der Waals surface area (Å²) in [6.07, 6.45) is 0. The molecule has 0 fully saturated rings. The van der Waals surface area contributed by atoms with E-state index in [4.69, 9.17) is 11.5 Å². The predicted octanol–water partition coefficient (Wildman–Crippen LogP) is 1.10. The fraction of sp³-hybridized carbons (Fsp3) is 0.364. The van der Waals surface area contributed by atoms with Crippen LogP contribution in [0.3, 0.4) is 0 Å². The monoisotopic (exact) mass is 252 g/mol. The number of hydrogen-bond donors (Lipinski definition) is 3. The Labute approximate surface area is 104 Å².